The molecule has 0 saturated carbocycles. The Kier molecular flexibility index (Phi) is 5.86. The number of piperidine rings is 1. The van der Waals surface area contributed by atoms with Crippen molar-refractivity contribution in [3.8, 4) is 0 Å². The van der Waals surface area contributed by atoms with Crippen molar-refractivity contribution in [2.45, 2.75) is 38.5 Å². The predicted octanol–water partition coefficient (Wildman–Crippen LogP) is 2.82. The maximum atomic E-state index is 12.5. The number of aromatic nitrogens is 1. The van der Waals surface area contributed by atoms with E-state index in [1.165, 1.54) is 6.26 Å². The first kappa shape index (κ1) is 17.7. The van der Waals surface area contributed by atoms with Crippen molar-refractivity contribution >= 4 is 23.2 Å². The van der Waals surface area contributed by atoms with Gasteiger partial charge in [-0.3, -0.25) is 9.59 Å². The van der Waals surface area contributed by atoms with Crippen LogP contribution in [-0.4, -0.2) is 41.3 Å². The van der Waals surface area contributed by atoms with Crippen LogP contribution in [-0.2, 0) is 11.2 Å². The fourth-order valence-corrected chi connectivity index (χ4v) is 3.98. The summed E-state index contributed by atoms with van der Waals surface area (Å²) in [6.07, 6.45) is 4.78. The van der Waals surface area contributed by atoms with Crippen molar-refractivity contribution in [2.75, 3.05) is 19.6 Å². The minimum Gasteiger partial charge on any atom is -0.459 e. The number of amides is 2. The second kappa shape index (κ2) is 8.29. The number of carbonyl (C=O) groups is 2. The van der Waals surface area contributed by atoms with Gasteiger partial charge in [-0.25, -0.2) is 4.98 Å². The second-order valence-electron chi connectivity index (χ2n) is 6.20. The second-order valence-corrected chi connectivity index (χ2v) is 7.09. The molecule has 1 N–H and O–H groups in total. The molecule has 1 saturated heterocycles. The van der Waals surface area contributed by atoms with Gasteiger partial charge in [0.25, 0.3) is 5.91 Å². The molecule has 0 radical (unpaired) electrons. The summed E-state index contributed by atoms with van der Waals surface area (Å²) in [6.45, 7) is 3.90. The molecule has 2 amide bonds. The molecule has 3 heterocycles. The molecule has 2 aromatic heterocycles. The van der Waals surface area contributed by atoms with Gasteiger partial charge >= 0.3 is 0 Å². The summed E-state index contributed by atoms with van der Waals surface area (Å²) in [5.74, 6) is 0.687. The highest BCUT2D eigenvalue weighted by atomic mass is 32.1. The van der Waals surface area contributed by atoms with Gasteiger partial charge in [0, 0.05) is 43.8 Å². The highest BCUT2D eigenvalue weighted by Gasteiger charge is 2.28. The van der Waals surface area contributed by atoms with Gasteiger partial charge in [-0.05, 0) is 25.0 Å². The molecule has 3 rings (SSSR count). The van der Waals surface area contributed by atoms with Gasteiger partial charge in [-0.15, -0.1) is 11.3 Å². The number of rotatable bonds is 6. The Morgan fingerprint density at radius 2 is 2.36 bits per heavy atom. The van der Waals surface area contributed by atoms with Gasteiger partial charge in [0.15, 0.2) is 5.76 Å². The lowest BCUT2D eigenvalue weighted by atomic mass is 9.98. The minimum atomic E-state index is -0.0474. The van der Waals surface area contributed by atoms with Crippen LogP contribution in [0.1, 0.15) is 53.4 Å². The Morgan fingerprint density at radius 3 is 3.12 bits per heavy atom. The van der Waals surface area contributed by atoms with Crippen molar-refractivity contribution in [1.29, 1.82) is 0 Å². The van der Waals surface area contributed by atoms with Crippen molar-refractivity contribution in [3.63, 3.8) is 0 Å². The Balaban J connectivity index is 1.56. The Hall–Kier alpha value is -2.15. The monoisotopic (exact) mass is 361 g/mol. The topological polar surface area (TPSA) is 75.4 Å². The van der Waals surface area contributed by atoms with E-state index in [1.807, 2.05) is 11.8 Å². The maximum Gasteiger partial charge on any atom is 0.289 e. The van der Waals surface area contributed by atoms with Gasteiger partial charge in [0.1, 0.15) is 0 Å². The van der Waals surface area contributed by atoms with Crippen LogP contribution in [0.15, 0.2) is 28.2 Å². The molecule has 1 atom stereocenters. The summed E-state index contributed by atoms with van der Waals surface area (Å²) in [7, 11) is 0. The smallest absolute Gasteiger partial charge is 0.289 e. The van der Waals surface area contributed by atoms with Gasteiger partial charge in [-0.1, -0.05) is 6.92 Å². The highest BCUT2D eigenvalue weighted by Crippen LogP contribution is 2.30. The lowest BCUT2D eigenvalue weighted by molar-refractivity contribution is -0.120. The quantitative estimate of drug-likeness (QED) is 0.858. The van der Waals surface area contributed by atoms with Crippen LogP contribution in [0.3, 0.4) is 0 Å². The van der Waals surface area contributed by atoms with Crippen LogP contribution in [0.25, 0.3) is 0 Å². The molecule has 0 aliphatic carbocycles. The third kappa shape index (κ3) is 4.48. The van der Waals surface area contributed by atoms with Crippen LogP contribution < -0.4 is 5.32 Å². The summed E-state index contributed by atoms with van der Waals surface area (Å²) >= 11 is 1.65. The van der Waals surface area contributed by atoms with Crippen LogP contribution in [0, 0.1) is 0 Å². The van der Waals surface area contributed by atoms with Gasteiger partial charge in [0.2, 0.25) is 5.91 Å². The standard InChI is InChI=1S/C18H23N3O3S/c1-2-16(22)19-8-7-14-12-25-17(20-14)13-5-3-9-21(11-13)18(23)15-6-4-10-24-15/h4,6,10,12-13H,2-3,5,7-9,11H2,1H3,(H,19,22)/t13-/m1/s1. The van der Waals surface area contributed by atoms with Crippen molar-refractivity contribution < 1.29 is 14.0 Å². The van der Waals surface area contributed by atoms with E-state index in [4.69, 9.17) is 9.40 Å². The van der Waals surface area contributed by atoms with E-state index in [0.717, 1.165) is 36.5 Å². The third-order valence-corrected chi connectivity index (χ3v) is 5.44. The fourth-order valence-electron chi connectivity index (χ4n) is 3.00. The summed E-state index contributed by atoms with van der Waals surface area (Å²) < 4.78 is 5.23. The van der Waals surface area contributed by atoms with Crippen molar-refractivity contribution in [2.24, 2.45) is 0 Å². The minimum absolute atomic E-state index is 0.0474. The fraction of sp³-hybridized carbons (Fsp3) is 0.500. The predicted molar refractivity (Wildman–Crippen MR) is 95.7 cm³/mol. The van der Waals surface area contributed by atoms with Gasteiger partial charge in [-0.2, -0.15) is 0 Å². The zero-order valence-corrected chi connectivity index (χ0v) is 15.2. The molecule has 1 fully saturated rings. The number of hydrogen-bond acceptors (Lipinski definition) is 5. The average Bonchev–Trinajstić information content (AvgIpc) is 3.33. The SMILES string of the molecule is CCC(=O)NCCc1csc([C@@H]2CCCN(C(=O)c3ccco3)C2)n1. The van der Waals surface area contributed by atoms with E-state index in [2.05, 4.69) is 10.7 Å². The summed E-state index contributed by atoms with van der Waals surface area (Å²) in [5, 5.41) is 6.00. The molecule has 6 nitrogen and oxygen atoms in total. The Labute approximate surface area is 151 Å². The van der Waals surface area contributed by atoms with Crippen molar-refractivity contribution in [1.82, 2.24) is 15.2 Å². The highest BCUT2D eigenvalue weighted by molar-refractivity contribution is 7.09. The molecular formula is C18H23N3O3S. The van der Waals surface area contributed by atoms with Gasteiger partial charge in [0.05, 0.1) is 17.0 Å². The summed E-state index contributed by atoms with van der Waals surface area (Å²) in [6, 6.07) is 3.44. The molecule has 0 spiro atoms. The first-order chi connectivity index (χ1) is 12.2. The van der Waals surface area contributed by atoms with Crippen LogP contribution in [0.5, 0.6) is 0 Å². The number of carbonyl (C=O) groups excluding carboxylic acids is 2. The molecule has 0 unspecified atom stereocenters. The van der Waals surface area contributed by atoms with E-state index >= 15 is 0 Å². The van der Waals surface area contributed by atoms with E-state index in [9.17, 15) is 9.59 Å². The van der Waals surface area contributed by atoms with Crippen LogP contribution in [0.4, 0.5) is 0 Å². The summed E-state index contributed by atoms with van der Waals surface area (Å²) in [4.78, 5) is 30.3. The number of furan rings is 1. The first-order valence-corrected chi connectivity index (χ1v) is 9.59. The van der Waals surface area contributed by atoms with E-state index in [-0.39, 0.29) is 17.7 Å². The molecule has 0 bridgehead atoms. The van der Waals surface area contributed by atoms with E-state index in [0.29, 0.717) is 25.3 Å². The number of nitrogens with one attached hydrogen (secondary N) is 1. The number of thiazole rings is 1. The first-order valence-electron chi connectivity index (χ1n) is 8.71. The largest absolute Gasteiger partial charge is 0.459 e. The van der Waals surface area contributed by atoms with E-state index in [1.54, 1.807) is 23.5 Å². The third-order valence-electron chi connectivity index (χ3n) is 4.38. The molecule has 7 heteroatoms. The number of hydrogen-bond donors (Lipinski definition) is 1. The normalized spacial score (nSPS) is 17.5. The Morgan fingerprint density at radius 1 is 1.48 bits per heavy atom. The zero-order chi connectivity index (χ0) is 17.6. The lowest BCUT2D eigenvalue weighted by Crippen LogP contribution is -2.38. The van der Waals surface area contributed by atoms with Crippen LogP contribution >= 0.6 is 11.3 Å². The van der Waals surface area contributed by atoms with Crippen LogP contribution in [0.2, 0.25) is 0 Å². The van der Waals surface area contributed by atoms with Crippen molar-refractivity contribution in [3.05, 3.63) is 40.2 Å². The average molecular weight is 361 g/mol. The molecule has 25 heavy (non-hydrogen) atoms. The Bertz CT molecular complexity index is 711. The molecule has 1 aliphatic rings. The maximum absolute atomic E-state index is 12.5. The molecule has 134 valence electrons. The molecule has 0 aromatic carbocycles. The van der Waals surface area contributed by atoms with E-state index < -0.39 is 0 Å². The zero-order valence-electron chi connectivity index (χ0n) is 14.4. The van der Waals surface area contributed by atoms with Gasteiger partial charge < -0.3 is 14.6 Å². The number of likely N-dealkylation sites (tertiary alicyclic amines) is 1. The molecule has 2 aromatic rings. The number of nitrogens with zero attached hydrogens (tertiary/aromatic N) is 2. The lowest BCUT2D eigenvalue weighted by Gasteiger charge is -2.31. The molecule has 1 aliphatic heterocycles. The molecular weight excluding hydrogens is 338 g/mol. The summed E-state index contributed by atoms with van der Waals surface area (Å²) in [5.41, 5.74) is 1.01.